The highest BCUT2D eigenvalue weighted by Crippen LogP contribution is 2.15. The standard InChI is InChI=1S/C19H22N4O2/c1-13-6-5-7-15(12-13)25-11-10-20-19(24)21-14(2)18-22-16-8-3-4-9-17(16)23-18/h3-9,12,14H,10-11H2,1-2H3,(H,22,23)(H2,20,21,24). The highest BCUT2D eigenvalue weighted by molar-refractivity contribution is 5.76. The largest absolute Gasteiger partial charge is 0.492 e. The summed E-state index contributed by atoms with van der Waals surface area (Å²) in [6, 6.07) is 15.1. The molecular weight excluding hydrogens is 316 g/mol. The molecular formula is C19H22N4O2. The number of fused-ring (bicyclic) bond motifs is 1. The zero-order chi connectivity index (χ0) is 17.6. The van der Waals surface area contributed by atoms with Crippen molar-refractivity contribution >= 4 is 17.1 Å². The van der Waals surface area contributed by atoms with Crippen LogP contribution in [0.1, 0.15) is 24.4 Å². The van der Waals surface area contributed by atoms with Crippen LogP contribution in [0.3, 0.4) is 0 Å². The van der Waals surface area contributed by atoms with Gasteiger partial charge in [0, 0.05) is 0 Å². The number of aryl methyl sites for hydroxylation is 1. The summed E-state index contributed by atoms with van der Waals surface area (Å²) in [7, 11) is 0. The van der Waals surface area contributed by atoms with E-state index in [1.54, 1.807) is 0 Å². The highest BCUT2D eigenvalue weighted by Gasteiger charge is 2.13. The van der Waals surface area contributed by atoms with E-state index in [0.717, 1.165) is 28.2 Å². The Bertz CT molecular complexity index is 826. The summed E-state index contributed by atoms with van der Waals surface area (Å²) in [5, 5.41) is 5.65. The van der Waals surface area contributed by atoms with Crippen LogP contribution in [0.25, 0.3) is 11.0 Å². The fourth-order valence-corrected chi connectivity index (χ4v) is 2.53. The summed E-state index contributed by atoms with van der Waals surface area (Å²) in [5.74, 6) is 1.53. The van der Waals surface area contributed by atoms with Gasteiger partial charge in [-0.05, 0) is 43.7 Å². The van der Waals surface area contributed by atoms with Crippen LogP contribution in [-0.4, -0.2) is 29.2 Å². The van der Waals surface area contributed by atoms with Gasteiger partial charge in [-0.2, -0.15) is 0 Å². The van der Waals surface area contributed by atoms with Crippen molar-refractivity contribution in [2.75, 3.05) is 13.2 Å². The zero-order valence-corrected chi connectivity index (χ0v) is 14.4. The molecule has 6 heteroatoms. The average Bonchev–Trinajstić information content (AvgIpc) is 3.03. The number of ether oxygens (including phenoxy) is 1. The minimum atomic E-state index is -0.249. The van der Waals surface area contributed by atoms with Gasteiger partial charge >= 0.3 is 6.03 Å². The van der Waals surface area contributed by atoms with Gasteiger partial charge in [-0.3, -0.25) is 0 Å². The number of imidazole rings is 1. The second-order valence-corrected chi connectivity index (χ2v) is 5.93. The summed E-state index contributed by atoms with van der Waals surface area (Å²) in [5.41, 5.74) is 2.99. The van der Waals surface area contributed by atoms with Gasteiger partial charge in [0.05, 0.1) is 23.6 Å². The van der Waals surface area contributed by atoms with Crippen molar-refractivity contribution < 1.29 is 9.53 Å². The van der Waals surface area contributed by atoms with Gasteiger partial charge in [-0.15, -0.1) is 0 Å². The number of rotatable bonds is 6. The lowest BCUT2D eigenvalue weighted by Crippen LogP contribution is -2.39. The average molecular weight is 338 g/mol. The Morgan fingerprint density at radius 2 is 2.08 bits per heavy atom. The summed E-state index contributed by atoms with van der Waals surface area (Å²) < 4.78 is 5.61. The molecule has 0 aliphatic heterocycles. The number of hydrogen-bond donors (Lipinski definition) is 3. The lowest BCUT2D eigenvalue weighted by molar-refractivity contribution is 0.233. The first kappa shape index (κ1) is 16.8. The molecule has 0 bridgehead atoms. The molecule has 3 aromatic rings. The van der Waals surface area contributed by atoms with E-state index in [1.807, 2.05) is 62.4 Å². The molecule has 1 unspecified atom stereocenters. The molecule has 1 aromatic heterocycles. The number of nitrogens with one attached hydrogen (secondary N) is 3. The fraction of sp³-hybridized carbons (Fsp3) is 0.263. The molecule has 3 rings (SSSR count). The maximum absolute atomic E-state index is 12.0. The molecule has 25 heavy (non-hydrogen) atoms. The second kappa shape index (κ2) is 7.70. The van der Waals surface area contributed by atoms with E-state index in [2.05, 4.69) is 20.6 Å². The minimum absolute atomic E-state index is 0.218. The van der Waals surface area contributed by atoms with Crippen molar-refractivity contribution in [3.63, 3.8) is 0 Å². The molecule has 6 nitrogen and oxygen atoms in total. The second-order valence-electron chi connectivity index (χ2n) is 5.93. The van der Waals surface area contributed by atoms with Crippen LogP contribution in [0.4, 0.5) is 4.79 Å². The van der Waals surface area contributed by atoms with E-state index in [1.165, 1.54) is 0 Å². The van der Waals surface area contributed by atoms with E-state index in [0.29, 0.717) is 13.2 Å². The molecule has 0 aliphatic rings. The first-order chi connectivity index (χ1) is 12.1. The predicted molar refractivity (Wildman–Crippen MR) is 97.7 cm³/mol. The lowest BCUT2D eigenvalue weighted by atomic mass is 10.2. The molecule has 2 amide bonds. The topological polar surface area (TPSA) is 79.0 Å². The molecule has 0 spiro atoms. The maximum atomic E-state index is 12.0. The van der Waals surface area contributed by atoms with Crippen LogP contribution in [0.2, 0.25) is 0 Å². The third-order valence-electron chi connectivity index (χ3n) is 3.81. The number of nitrogens with zero attached hydrogens (tertiary/aromatic N) is 1. The van der Waals surface area contributed by atoms with Crippen LogP contribution in [0.15, 0.2) is 48.5 Å². The first-order valence-corrected chi connectivity index (χ1v) is 8.30. The molecule has 0 fully saturated rings. The Hall–Kier alpha value is -3.02. The third-order valence-corrected chi connectivity index (χ3v) is 3.81. The molecule has 0 saturated carbocycles. The molecule has 1 heterocycles. The monoisotopic (exact) mass is 338 g/mol. The molecule has 2 aromatic carbocycles. The molecule has 1 atom stereocenters. The molecule has 130 valence electrons. The van der Waals surface area contributed by atoms with Gasteiger partial charge in [0.15, 0.2) is 0 Å². The van der Waals surface area contributed by atoms with Crippen LogP contribution >= 0.6 is 0 Å². The van der Waals surface area contributed by atoms with Gasteiger partial charge in [-0.1, -0.05) is 24.3 Å². The summed E-state index contributed by atoms with van der Waals surface area (Å²) in [6.45, 7) is 4.74. The van der Waals surface area contributed by atoms with Crippen molar-refractivity contribution in [2.45, 2.75) is 19.9 Å². The normalized spacial score (nSPS) is 11.9. The maximum Gasteiger partial charge on any atom is 0.315 e. The lowest BCUT2D eigenvalue weighted by Gasteiger charge is -2.13. The smallest absolute Gasteiger partial charge is 0.315 e. The van der Waals surface area contributed by atoms with Crippen molar-refractivity contribution in [3.8, 4) is 5.75 Å². The number of para-hydroxylation sites is 2. The van der Waals surface area contributed by atoms with Crippen LogP contribution in [0, 0.1) is 6.92 Å². The number of aromatic nitrogens is 2. The third kappa shape index (κ3) is 4.50. The Morgan fingerprint density at radius 1 is 1.24 bits per heavy atom. The summed E-state index contributed by atoms with van der Waals surface area (Å²) >= 11 is 0. The molecule has 0 radical (unpaired) electrons. The molecule has 3 N–H and O–H groups in total. The number of carbonyl (C=O) groups is 1. The van der Waals surface area contributed by atoms with E-state index < -0.39 is 0 Å². The molecule has 0 aliphatic carbocycles. The number of H-pyrrole nitrogens is 1. The van der Waals surface area contributed by atoms with Crippen LogP contribution < -0.4 is 15.4 Å². The van der Waals surface area contributed by atoms with Crippen molar-refractivity contribution in [3.05, 3.63) is 59.9 Å². The quantitative estimate of drug-likeness (QED) is 0.603. The number of hydrogen-bond acceptors (Lipinski definition) is 3. The summed E-state index contributed by atoms with van der Waals surface area (Å²) in [4.78, 5) is 19.7. The number of carbonyl (C=O) groups excluding carboxylic acids is 1. The van der Waals surface area contributed by atoms with Gasteiger partial charge in [0.25, 0.3) is 0 Å². The Kier molecular flexibility index (Phi) is 5.18. The van der Waals surface area contributed by atoms with E-state index in [4.69, 9.17) is 4.74 Å². The molecule has 0 saturated heterocycles. The van der Waals surface area contributed by atoms with Gasteiger partial charge < -0.3 is 20.4 Å². The summed E-state index contributed by atoms with van der Waals surface area (Å²) in [6.07, 6.45) is 0. The van der Waals surface area contributed by atoms with Crippen molar-refractivity contribution in [1.29, 1.82) is 0 Å². The minimum Gasteiger partial charge on any atom is -0.492 e. The Balaban J connectivity index is 1.44. The van der Waals surface area contributed by atoms with E-state index in [9.17, 15) is 4.79 Å². The first-order valence-electron chi connectivity index (χ1n) is 8.30. The van der Waals surface area contributed by atoms with Crippen LogP contribution in [-0.2, 0) is 0 Å². The Morgan fingerprint density at radius 3 is 2.88 bits per heavy atom. The zero-order valence-electron chi connectivity index (χ0n) is 14.4. The van der Waals surface area contributed by atoms with Gasteiger partial charge in [0.2, 0.25) is 0 Å². The Labute approximate surface area is 146 Å². The van der Waals surface area contributed by atoms with Crippen molar-refractivity contribution in [2.24, 2.45) is 0 Å². The van der Waals surface area contributed by atoms with Gasteiger partial charge in [0.1, 0.15) is 18.2 Å². The van der Waals surface area contributed by atoms with Crippen LogP contribution in [0.5, 0.6) is 5.75 Å². The van der Waals surface area contributed by atoms with E-state index >= 15 is 0 Å². The SMILES string of the molecule is Cc1cccc(OCCNC(=O)NC(C)c2nc3ccccc3[nH]2)c1. The predicted octanol–water partition coefficient (Wildman–Crippen LogP) is 3.31. The number of aromatic amines is 1. The van der Waals surface area contributed by atoms with Crippen molar-refractivity contribution in [1.82, 2.24) is 20.6 Å². The van der Waals surface area contributed by atoms with E-state index in [-0.39, 0.29) is 12.1 Å². The number of urea groups is 1. The number of amides is 2. The number of benzene rings is 2. The highest BCUT2D eigenvalue weighted by atomic mass is 16.5. The fourth-order valence-electron chi connectivity index (χ4n) is 2.53. The van der Waals surface area contributed by atoms with Gasteiger partial charge in [-0.25, -0.2) is 9.78 Å².